The van der Waals surface area contributed by atoms with Gasteiger partial charge in [0.05, 0.1) is 0 Å². The summed E-state index contributed by atoms with van der Waals surface area (Å²) in [6, 6.07) is 1.13. The first-order chi connectivity index (χ1) is 9.41. The highest BCUT2D eigenvalue weighted by atomic mass is 28.4. The highest BCUT2D eigenvalue weighted by Crippen LogP contribution is 2.49. The van der Waals surface area contributed by atoms with Crippen LogP contribution in [0, 0.1) is 5.92 Å². The summed E-state index contributed by atoms with van der Waals surface area (Å²) in [4.78, 5) is 0. The average molecular weight is 303 g/mol. The Morgan fingerprint density at radius 2 is 1.45 bits per heavy atom. The molecular weight excluding hydrogens is 264 g/mol. The molecule has 0 N–H and O–H groups in total. The van der Waals surface area contributed by atoms with Crippen LogP contribution < -0.4 is 0 Å². The van der Waals surface area contributed by atoms with Crippen LogP contribution in [0.4, 0.5) is 0 Å². The molecule has 0 rings (SSSR count). The van der Waals surface area contributed by atoms with Crippen LogP contribution in [0.3, 0.4) is 0 Å². The van der Waals surface area contributed by atoms with Crippen LogP contribution in [-0.4, -0.2) is 22.8 Å². The molecule has 0 aliphatic heterocycles. The summed E-state index contributed by atoms with van der Waals surface area (Å²) < 4.78 is 12.1. The Labute approximate surface area is 128 Å². The van der Waals surface area contributed by atoms with Crippen LogP contribution in [0.25, 0.3) is 0 Å². The molecule has 1 unspecified atom stereocenters. The lowest BCUT2D eigenvalue weighted by atomic mass is 9.92. The molecule has 0 spiro atoms. The summed E-state index contributed by atoms with van der Waals surface area (Å²) in [5.74, 6) is 0.648. The maximum atomic E-state index is 6.04. The Morgan fingerprint density at radius 3 is 1.90 bits per heavy atom. The Bertz CT molecular complexity index is 237. The van der Waals surface area contributed by atoms with Crippen molar-refractivity contribution in [2.24, 2.45) is 5.92 Å². The molecule has 0 radical (unpaired) electrons. The van der Waals surface area contributed by atoms with Gasteiger partial charge in [-0.3, -0.25) is 0 Å². The van der Waals surface area contributed by atoms with Gasteiger partial charge in [0.1, 0.15) is 0 Å². The van der Waals surface area contributed by atoms with Crippen molar-refractivity contribution in [2.75, 3.05) is 14.2 Å². The molecule has 0 aliphatic rings. The molecule has 1 atom stereocenters. The highest BCUT2D eigenvalue weighted by Gasteiger charge is 2.52. The van der Waals surface area contributed by atoms with E-state index in [4.69, 9.17) is 8.85 Å². The third-order valence-corrected chi connectivity index (χ3v) is 9.99. The largest absolute Gasteiger partial charge is 0.397 e. The summed E-state index contributed by atoms with van der Waals surface area (Å²) in [5.41, 5.74) is 0. The van der Waals surface area contributed by atoms with E-state index in [-0.39, 0.29) is 5.04 Å². The van der Waals surface area contributed by atoms with Gasteiger partial charge in [-0.2, -0.15) is 0 Å². The second-order valence-corrected chi connectivity index (χ2v) is 10.8. The third kappa shape index (κ3) is 5.16. The smallest absolute Gasteiger partial charge is 0.343 e. The fraction of sp³-hybridized carbons (Fsp3) is 1.00. The zero-order chi connectivity index (χ0) is 15.6. The van der Waals surface area contributed by atoms with Crippen molar-refractivity contribution in [1.29, 1.82) is 0 Å². The molecular formula is C17H38O2Si. The van der Waals surface area contributed by atoms with Gasteiger partial charge in [-0.05, 0) is 12.0 Å². The lowest BCUT2D eigenvalue weighted by molar-refractivity contribution is 0.183. The van der Waals surface area contributed by atoms with Crippen LogP contribution in [0.5, 0.6) is 0 Å². The Kier molecular flexibility index (Phi) is 10.0. The van der Waals surface area contributed by atoms with Crippen molar-refractivity contribution in [3.63, 3.8) is 0 Å². The number of hydrogen-bond donors (Lipinski definition) is 0. The molecule has 122 valence electrons. The van der Waals surface area contributed by atoms with E-state index in [1.807, 2.05) is 14.2 Å². The number of hydrogen-bond acceptors (Lipinski definition) is 2. The van der Waals surface area contributed by atoms with Gasteiger partial charge >= 0.3 is 8.56 Å². The van der Waals surface area contributed by atoms with E-state index in [2.05, 4.69) is 34.6 Å². The first kappa shape index (κ1) is 20.1. The minimum atomic E-state index is -2.13. The Balaban J connectivity index is 4.71. The molecule has 0 saturated carbocycles. The molecule has 2 nitrogen and oxygen atoms in total. The molecule has 0 heterocycles. The third-order valence-electron chi connectivity index (χ3n) is 5.20. The van der Waals surface area contributed by atoms with Crippen LogP contribution in [0.1, 0.15) is 79.6 Å². The first-order valence-electron chi connectivity index (χ1n) is 8.52. The van der Waals surface area contributed by atoms with E-state index in [0.29, 0.717) is 5.92 Å². The van der Waals surface area contributed by atoms with Crippen molar-refractivity contribution in [2.45, 2.75) is 90.6 Å². The molecule has 0 aromatic heterocycles. The summed E-state index contributed by atoms with van der Waals surface area (Å²) in [7, 11) is 1.59. The summed E-state index contributed by atoms with van der Waals surface area (Å²) in [6.45, 7) is 11.6. The van der Waals surface area contributed by atoms with Crippen molar-refractivity contribution < 1.29 is 8.85 Å². The molecule has 0 amide bonds. The van der Waals surface area contributed by atoms with Crippen molar-refractivity contribution in [3.8, 4) is 0 Å². The van der Waals surface area contributed by atoms with Gasteiger partial charge in [-0.15, -0.1) is 0 Å². The summed E-state index contributed by atoms with van der Waals surface area (Å²) >= 11 is 0. The molecule has 0 fully saturated rings. The first-order valence-corrected chi connectivity index (χ1v) is 10.5. The molecule has 3 heteroatoms. The summed E-state index contributed by atoms with van der Waals surface area (Å²) in [6.07, 6.45) is 9.05. The second kappa shape index (κ2) is 9.96. The van der Waals surface area contributed by atoms with Gasteiger partial charge in [0.25, 0.3) is 0 Å². The zero-order valence-corrected chi connectivity index (χ0v) is 16.1. The van der Waals surface area contributed by atoms with Crippen LogP contribution in [0.2, 0.25) is 11.1 Å². The topological polar surface area (TPSA) is 18.5 Å². The zero-order valence-electron chi connectivity index (χ0n) is 15.1. The van der Waals surface area contributed by atoms with Gasteiger partial charge in [-0.1, -0.05) is 79.6 Å². The lowest BCUT2D eigenvalue weighted by Gasteiger charge is -2.45. The fourth-order valence-corrected chi connectivity index (χ4v) is 7.15. The van der Waals surface area contributed by atoms with Crippen molar-refractivity contribution in [1.82, 2.24) is 0 Å². The van der Waals surface area contributed by atoms with Gasteiger partial charge in [-0.25, -0.2) is 0 Å². The fourth-order valence-electron chi connectivity index (χ4n) is 3.27. The summed E-state index contributed by atoms with van der Waals surface area (Å²) in [5, 5.41) is 0.164. The highest BCUT2D eigenvalue weighted by molar-refractivity contribution is 6.70. The van der Waals surface area contributed by atoms with E-state index in [1.165, 1.54) is 44.9 Å². The van der Waals surface area contributed by atoms with E-state index in [9.17, 15) is 0 Å². The average Bonchev–Trinajstić information content (AvgIpc) is 2.43. The van der Waals surface area contributed by atoms with Crippen LogP contribution in [-0.2, 0) is 8.85 Å². The SMILES string of the molecule is CCCCCCC[Si](OC)(OC)C(C)(C)C(C)CCC. The van der Waals surface area contributed by atoms with E-state index in [0.717, 1.165) is 6.04 Å². The molecule has 20 heavy (non-hydrogen) atoms. The maximum Gasteiger partial charge on any atom is 0.343 e. The second-order valence-electron chi connectivity index (χ2n) is 6.74. The van der Waals surface area contributed by atoms with Crippen LogP contribution in [0.15, 0.2) is 0 Å². The Morgan fingerprint density at radius 1 is 0.900 bits per heavy atom. The predicted octanol–water partition coefficient (Wildman–Crippen LogP) is 5.91. The normalized spacial score (nSPS) is 14.6. The maximum absolute atomic E-state index is 6.04. The molecule has 0 aromatic carbocycles. The minimum absolute atomic E-state index is 0.164. The van der Waals surface area contributed by atoms with E-state index in [1.54, 1.807) is 0 Å². The van der Waals surface area contributed by atoms with Crippen molar-refractivity contribution in [3.05, 3.63) is 0 Å². The molecule has 0 aliphatic carbocycles. The predicted molar refractivity (Wildman–Crippen MR) is 91.5 cm³/mol. The number of unbranched alkanes of at least 4 members (excludes halogenated alkanes) is 4. The molecule has 0 saturated heterocycles. The monoisotopic (exact) mass is 302 g/mol. The number of rotatable bonds is 12. The van der Waals surface area contributed by atoms with E-state index >= 15 is 0 Å². The molecule has 0 aromatic rings. The standard InChI is InChI=1S/C17H38O2Si/c1-8-10-11-12-13-15-20(18-6,19-7)17(4,5)16(3)14-9-2/h16H,8-15H2,1-7H3. The van der Waals surface area contributed by atoms with Crippen LogP contribution >= 0.6 is 0 Å². The van der Waals surface area contributed by atoms with E-state index < -0.39 is 8.56 Å². The van der Waals surface area contributed by atoms with Gasteiger partial charge < -0.3 is 8.85 Å². The van der Waals surface area contributed by atoms with Gasteiger partial charge in [0.2, 0.25) is 0 Å². The molecule has 0 bridgehead atoms. The Hall–Kier alpha value is 0.137. The quantitative estimate of drug-likeness (QED) is 0.329. The van der Waals surface area contributed by atoms with Gasteiger partial charge in [0.15, 0.2) is 0 Å². The van der Waals surface area contributed by atoms with Gasteiger partial charge in [0, 0.05) is 19.3 Å². The lowest BCUT2D eigenvalue weighted by Crippen LogP contribution is -2.52. The minimum Gasteiger partial charge on any atom is -0.397 e. The van der Waals surface area contributed by atoms with Crippen molar-refractivity contribution >= 4 is 8.56 Å².